The van der Waals surface area contributed by atoms with Crippen LogP contribution < -0.4 is 0 Å². The highest BCUT2D eigenvalue weighted by Gasteiger charge is 2.16. The van der Waals surface area contributed by atoms with Gasteiger partial charge in [-0.1, -0.05) is 158 Å². The highest BCUT2D eigenvalue weighted by Crippen LogP contribution is 2.35. The fraction of sp³-hybridized carbons (Fsp3) is 0. The molecule has 0 N–H and O–H groups in total. The molecule has 6 aromatic carbocycles. The van der Waals surface area contributed by atoms with Crippen molar-refractivity contribution in [1.29, 1.82) is 0 Å². The third kappa shape index (κ3) is 6.90. The van der Waals surface area contributed by atoms with Crippen molar-refractivity contribution < 1.29 is 0 Å². The first-order valence-electron chi connectivity index (χ1n) is 20.2. The lowest BCUT2D eigenvalue weighted by Crippen LogP contribution is -2.00. The molecule has 0 aliphatic rings. The molecule has 0 radical (unpaired) electrons. The van der Waals surface area contributed by atoms with E-state index < -0.39 is 0 Å². The van der Waals surface area contributed by atoms with E-state index in [1.54, 1.807) is 0 Å². The maximum atomic E-state index is 5.20. The van der Waals surface area contributed by atoms with E-state index in [-0.39, 0.29) is 0 Å². The maximum Gasteiger partial charge on any atom is 0.164 e. The van der Waals surface area contributed by atoms with Crippen LogP contribution in [0.3, 0.4) is 0 Å². The van der Waals surface area contributed by atoms with Gasteiger partial charge in [-0.2, -0.15) is 0 Å². The number of pyridine rings is 3. The third-order valence-corrected chi connectivity index (χ3v) is 11.0. The van der Waals surface area contributed by atoms with Gasteiger partial charge in [0.25, 0.3) is 0 Å². The summed E-state index contributed by atoms with van der Waals surface area (Å²) in [5.74, 6) is 1.88. The first-order chi connectivity index (χ1) is 30.2. The highest BCUT2D eigenvalue weighted by molar-refractivity contribution is 6.09. The lowest BCUT2D eigenvalue weighted by atomic mass is 10.0. The van der Waals surface area contributed by atoms with Crippen LogP contribution in [0.1, 0.15) is 0 Å². The molecule has 286 valence electrons. The number of para-hydroxylation sites is 2. The minimum absolute atomic E-state index is 0.614. The van der Waals surface area contributed by atoms with E-state index in [9.17, 15) is 0 Å². The summed E-state index contributed by atoms with van der Waals surface area (Å²) in [6, 6.07) is 68.3. The van der Waals surface area contributed by atoms with Crippen LogP contribution in [0.2, 0.25) is 0 Å². The molecule has 0 unspecified atom stereocenters. The fourth-order valence-electron chi connectivity index (χ4n) is 7.96. The monoisotopic (exact) mass is 781 g/mol. The summed E-state index contributed by atoms with van der Waals surface area (Å²) < 4.78 is 2.30. The molecule has 0 saturated heterocycles. The molecule has 0 aliphatic heterocycles. The van der Waals surface area contributed by atoms with Gasteiger partial charge in [-0.05, 0) is 59.2 Å². The number of aromatic nitrogens is 7. The van der Waals surface area contributed by atoms with E-state index in [0.717, 1.165) is 78.4 Å². The lowest BCUT2D eigenvalue weighted by molar-refractivity contribution is 1.07. The minimum atomic E-state index is 0.614. The van der Waals surface area contributed by atoms with Crippen molar-refractivity contribution >= 4 is 21.8 Å². The Kier molecular flexibility index (Phi) is 9.02. The van der Waals surface area contributed by atoms with Crippen molar-refractivity contribution in [1.82, 2.24) is 34.5 Å². The summed E-state index contributed by atoms with van der Waals surface area (Å²) >= 11 is 0. The van der Waals surface area contributed by atoms with Crippen LogP contribution in [0.4, 0.5) is 0 Å². The zero-order chi connectivity index (χ0) is 40.5. The molecule has 0 bridgehead atoms. The molecule has 0 atom stereocenters. The van der Waals surface area contributed by atoms with Gasteiger partial charge in [-0.25, -0.2) is 19.9 Å². The lowest BCUT2D eigenvalue weighted by Gasteiger charge is -2.12. The minimum Gasteiger partial charge on any atom is -0.309 e. The zero-order valence-electron chi connectivity index (χ0n) is 32.8. The van der Waals surface area contributed by atoms with E-state index in [0.29, 0.717) is 17.5 Å². The normalized spacial score (nSPS) is 11.3. The van der Waals surface area contributed by atoms with E-state index in [1.807, 2.05) is 85.2 Å². The first-order valence-corrected chi connectivity index (χ1v) is 20.2. The second-order valence-corrected chi connectivity index (χ2v) is 14.8. The number of hydrogen-bond acceptors (Lipinski definition) is 6. The summed E-state index contributed by atoms with van der Waals surface area (Å²) in [4.78, 5) is 29.7. The molecule has 11 aromatic rings. The van der Waals surface area contributed by atoms with Gasteiger partial charge in [0.2, 0.25) is 0 Å². The molecule has 0 amide bonds. The molecular formula is C54H35N7. The molecule has 11 rings (SSSR count). The van der Waals surface area contributed by atoms with Crippen molar-refractivity contribution in [3.05, 3.63) is 213 Å². The van der Waals surface area contributed by atoms with Gasteiger partial charge in [0.05, 0.1) is 33.8 Å². The molecule has 61 heavy (non-hydrogen) atoms. The van der Waals surface area contributed by atoms with Crippen molar-refractivity contribution in [2.24, 2.45) is 0 Å². The van der Waals surface area contributed by atoms with Crippen LogP contribution in [0, 0.1) is 0 Å². The summed E-state index contributed by atoms with van der Waals surface area (Å²) in [6.45, 7) is 0. The molecule has 0 aliphatic carbocycles. The van der Waals surface area contributed by atoms with Crippen molar-refractivity contribution in [3.8, 4) is 84.9 Å². The second kappa shape index (κ2) is 15.4. The largest absolute Gasteiger partial charge is 0.309 e. The van der Waals surface area contributed by atoms with Crippen LogP contribution in [-0.4, -0.2) is 34.5 Å². The number of nitrogens with zero attached hydrogens (tertiary/aromatic N) is 7. The Bertz CT molecular complexity index is 3220. The summed E-state index contributed by atoms with van der Waals surface area (Å²) in [5, 5.41) is 2.43. The van der Waals surface area contributed by atoms with Gasteiger partial charge < -0.3 is 4.57 Å². The average molecular weight is 782 g/mol. The highest BCUT2D eigenvalue weighted by atomic mass is 15.0. The van der Waals surface area contributed by atoms with E-state index in [1.165, 1.54) is 10.8 Å². The fourth-order valence-corrected chi connectivity index (χ4v) is 7.96. The Morgan fingerprint density at radius 2 is 0.754 bits per heavy atom. The van der Waals surface area contributed by atoms with E-state index in [2.05, 4.69) is 132 Å². The van der Waals surface area contributed by atoms with Crippen LogP contribution in [0.25, 0.3) is 107 Å². The van der Waals surface area contributed by atoms with Gasteiger partial charge in [0.1, 0.15) is 0 Å². The molecule has 0 saturated carbocycles. The van der Waals surface area contributed by atoms with Gasteiger partial charge in [-0.15, -0.1) is 0 Å². The standard InChI is InChI=1S/C54H35N7/c1-4-14-36(15-5-1)42-32-48(57-49(33-42)47-34-43(30-31-55-47)61-50-22-12-10-20-44(50)45-21-11-13-23-51(45)61)46-29-28-41(35-56-46)37-24-26-40(27-25-37)54-59-52(38-16-6-2-7-17-38)58-53(60-54)39-18-8-3-9-19-39/h1-35H. The predicted molar refractivity (Wildman–Crippen MR) is 246 cm³/mol. The quantitative estimate of drug-likeness (QED) is 0.153. The average Bonchev–Trinajstić information content (AvgIpc) is 3.69. The Morgan fingerprint density at radius 3 is 1.31 bits per heavy atom. The number of hydrogen-bond donors (Lipinski definition) is 0. The molecule has 0 fully saturated rings. The Morgan fingerprint density at radius 1 is 0.295 bits per heavy atom. The zero-order valence-corrected chi connectivity index (χ0v) is 32.8. The van der Waals surface area contributed by atoms with E-state index in [4.69, 9.17) is 29.9 Å². The summed E-state index contributed by atoms with van der Waals surface area (Å²) in [5.41, 5.74) is 13.3. The topological polar surface area (TPSA) is 82.3 Å². The third-order valence-electron chi connectivity index (χ3n) is 11.0. The van der Waals surface area contributed by atoms with Crippen LogP contribution in [-0.2, 0) is 0 Å². The van der Waals surface area contributed by atoms with Gasteiger partial charge in [-0.3, -0.25) is 9.97 Å². The predicted octanol–water partition coefficient (Wildman–Crippen LogP) is 12.8. The molecule has 5 aromatic heterocycles. The molecule has 7 nitrogen and oxygen atoms in total. The van der Waals surface area contributed by atoms with Crippen LogP contribution in [0.15, 0.2) is 213 Å². The first kappa shape index (κ1) is 35.7. The molecule has 5 heterocycles. The Hall–Kier alpha value is -8.42. The smallest absolute Gasteiger partial charge is 0.164 e. The van der Waals surface area contributed by atoms with Crippen LogP contribution in [0.5, 0.6) is 0 Å². The molecule has 7 heteroatoms. The Balaban J connectivity index is 0.935. The number of benzene rings is 6. The van der Waals surface area contributed by atoms with Gasteiger partial charge >= 0.3 is 0 Å². The van der Waals surface area contributed by atoms with Crippen LogP contribution >= 0.6 is 0 Å². The number of rotatable bonds is 8. The Labute approximate surface area is 352 Å². The molecular weight excluding hydrogens is 747 g/mol. The SMILES string of the molecule is c1ccc(-c2cc(-c3ccc(-c4ccc(-c5nc(-c6ccccc6)nc(-c6ccccc6)n5)cc4)cn3)nc(-c3cc(-n4c5ccccc5c5ccccc54)ccn3)c2)cc1. The number of fused-ring (bicyclic) bond motifs is 3. The second-order valence-electron chi connectivity index (χ2n) is 14.8. The van der Waals surface area contributed by atoms with Crippen molar-refractivity contribution in [2.45, 2.75) is 0 Å². The van der Waals surface area contributed by atoms with Crippen molar-refractivity contribution in [3.63, 3.8) is 0 Å². The van der Waals surface area contributed by atoms with Gasteiger partial charge in [0, 0.05) is 51.1 Å². The maximum absolute atomic E-state index is 5.20. The molecule has 0 spiro atoms. The van der Waals surface area contributed by atoms with Crippen molar-refractivity contribution in [2.75, 3.05) is 0 Å². The van der Waals surface area contributed by atoms with Gasteiger partial charge in [0.15, 0.2) is 17.5 Å². The summed E-state index contributed by atoms with van der Waals surface area (Å²) in [6.07, 6.45) is 3.78. The summed E-state index contributed by atoms with van der Waals surface area (Å²) in [7, 11) is 0. The van der Waals surface area contributed by atoms with E-state index >= 15 is 0 Å².